The van der Waals surface area contributed by atoms with Crippen LogP contribution in [0, 0.1) is 10.8 Å². The maximum atomic E-state index is 7.79. The Morgan fingerprint density at radius 1 is 0.929 bits per heavy atom. The SMILES string of the molecule is N=C1C=Cc2cccc3c2=C1C(=N)C=3. The first-order chi connectivity index (χ1) is 6.77. The summed E-state index contributed by atoms with van der Waals surface area (Å²) < 4.78 is 0. The number of hydrogen-bond donors (Lipinski definition) is 2. The van der Waals surface area contributed by atoms with E-state index in [0.29, 0.717) is 11.4 Å². The number of nitrogens with one attached hydrogen (secondary N) is 2. The molecule has 0 amide bonds. The number of benzene rings is 1. The zero-order valence-corrected chi connectivity index (χ0v) is 7.46. The Morgan fingerprint density at radius 3 is 2.64 bits per heavy atom. The van der Waals surface area contributed by atoms with Crippen LogP contribution in [0.4, 0.5) is 0 Å². The summed E-state index contributed by atoms with van der Waals surface area (Å²) in [4.78, 5) is 0. The molecule has 2 heteroatoms. The van der Waals surface area contributed by atoms with Gasteiger partial charge in [-0.3, -0.25) is 0 Å². The monoisotopic (exact) mass is 180 g/mol. The molecule has 0 spiro atoms. The van der Waals surface area contributed by atoms with E-state index in [1.807, 2.05) is 30.4 Å². The van der Waals surface area contributed by atoms with Gasteiger partial charge in [-0.05, 0) is 22.9 Å². The van der Waals surface area contributed by atoms with Crippen molar-refractivity contribution >= 4 is 29.1 Å². The van der Waals surface area contributed by atoms with Crippen molar-refractivity contribution in [2.45, 2.75) is 0 Å². The van der Waals surface area contributed by atoms with Crippen molar-refractivity contribution in [3.05, 3.63) is 40.3 Å². The van der Waals surface area contributed by atoms with Crippen molar-refractivity contribution in [1.29, 1.82) is 10.8 Å². The fourth-order valence-electron chi connectivity index (χ4n) is 2.04. The molecule has 0 unspecified atom stereocenters. The Kier molecular flexibility index (Phi) is 1.22. The molecular formula is C12H8N2. The average molecular weight is 180 g/mol. The van der Waals surface area contributed by atoms with Gasteiger partial charge in [0.15, 0.2) is 0 Å². The highest BCUT2D eigenvalue weighted by Crippen LogP contribution is 2.12. The smallest absolute Gasteiger partial charge is 0.0646 e. The molecule has 14 heavy (non-hydrogen) atoms. The van der Waals surface area contributed by atoms with Gasteiger partial charge < -0.3 is 10.8 Å². The fourth-order valence-corrected chi connectivity index (χ4v) is 2.04. The molecule has 0 bridgehead atoms. The van der Waals surface area contributed by atoms with Gasteiger partial charge in [-0.25, -0.2) is 0 Å². The highest BCUT2D eigenvalue weighted by Gasteiger charge is 2.18. The van der Waals surface area contributed by atoms with Crippen LogP contribution < -0.4 is 10.4 Å². The minimum absolute atomic E-state index is 0.448. The summed E-state index contributed by atoms with van der Waals surface area (Å²) in [6.45, 7) is 0. The van der Waals surface area contributed by atoms with Crippen molar-refractivity contribution in [2.75, 3.05) is 0 Å². The third kappa shape index (κ3) is 0.752. The second kappa shape index (κ2) is 2.29. The van der Waals surface area contributed by atoms with Crippen LogP contribution in [0.5, 0.6) is 0 Å². The first kappa shape index (κ1) is 7.44. The maximum absolute atomic E-state index is 7.79. The minimum Gasteiger partial charge on any atom is -0.300 e. The fraction of sp³-hybridized carbons (Fsp3) is 0. The van der Waals surface area contributed by atoms with Crippen LogP contribution >= 0.6 is 0 Å². The van der Waals surface area contributed by atoms with Crippen LogP contribution in [-0.2, 0) is 0 Å². The van der Waals surface area contributed by atoms with Gasteiger partial charge in [-0.15, -0.1) is 0 Å². The van der Waals surface area contributed by atoms with E-state index in [-0.39, 0.29) is 0 Å². The Bertz CT molecular complexity index is 618. The van der Waals surface area contributed by atoms with E-state index in [4.69, 9.17) is 10.8 Å². The van der Waals surface area contributed by atoms with Gasteiger partial charge in [-0.1, -0.05) is 24.3 Å². The summed E-state index contributed by atoms with van der Waals surface area (Å²) in [6, 6.07) is 6.00. The first-order valence-electron chi connectivity index (χ1n) is 4.48. The van der Waals surface area contributed by atoms with Gasteiger partial charge in [0.2, 0.25) is 0 Å². The van der Waals surface area contributed by atoms with Gasteiger partial charge in [0, 0.05) is 10.8 Å². The van der Waals surface area contributed by atoms with Crippen molar-refractivity contribution < 1.29 is 0 Å². The standard InChI is InChI=1S/C12H8N2/c13-9-5-4-7-2-1-3-8-6-10(14)12(9)11(7)8/h1-6,13-14H. The van der Waals surface area contributed by atoms with E-state index in [1.165, 1.54) is 0 Å². The Labute approximate surface area is 80.9 Å². The zero-order chi connectivity index (χ0) is 9.71. The Balaban J connectivity index is 2.64. The van der Waals surface area contributed by atoms with Crippen LogP contribution in [-0.4, -0.2) is 11.4 Å². The van der Waals surface area contributed by atoms with Gasteiger partial charge >= 0.3 is 0 Å². The van der Waals surface area contributed by atoms with Gasteiger partial charge in [0.25, 0.3) is 0 Å². The van der Waals surface area contributed by atoms with Crippen molar-refractivity contribution in [3.8, 4) is 0 Å². The van der Waals surface area contributed by atoms with Crippen molar-refractivity contribution in [3.63, 3.8) is 0 Å². The van der Waals surface area contributed by atoms with E-state index in [2.05, 4.69) is 0 Å². The van der Waals surface area contributed by atoms with Gasteiger partial charge in [0.1, 0.15) is 0 Å². The van der Waals surface area contributed by atoms with Crippen LogP contribution in [0.2, 0.25) is 0 Å². The predicted octanol–water partition coefficient (Wildman–Crippen LogP) is 0.698. The lowest BCUT2D eigenvalue weighted by Gasteiger charge is -2.07. The van der Waals surface area contributed by atoms with Gasteiger partial charge in [-0.2, -0.15) is 0 Å². The van der Waals surface area contributed by atoms with Crippen LogP contribution in [0.1, 0.15) is 5.56 Å². The molecule has 2 aliphatic rings. The molecule has 2 aliphatic carbocycles. The second-order valence-corrected chi connectivity index (χ2v) is 3.49. The Hall–Kier alpha value is -1.96. The van der Waals surface area contributed by atoms with E-state index in [1.54, 1.807) is 6.08 Å². The average Bonchev–Trinajstić information content (AvgIpc) is 2.51. The van der Waals surface area contributed by atoms with Crippen LogP contribution in [0.3, 0.4) is 0 Å². The van der Waals surface area contributed by atoms with Crippen molar-refractivity contribution in [2.24, 2.45) is 0 Å². The van der Waals surface area contributed by atoms with E-state index in [9.17, 15) is 0 Å². The van der Waals surface area contributed by atoms with E-state index < -0.39 is 0 Å². The first-order valence-corrected chi connectivity index (χ1v) is 4.48. The highest BCUT2D eigenvalue weighted by molar-refractivity contribution is 6.54. The molecule has 0 atom stereocenters. The summed E-state index contributed by atoms with van der Waals surface area (Å²) in [7, 11) is 0. The second-order valence-electron chi connectivity index (χ2n) is 3.49. The lowest BCUT2D eigenvalue weighted by molar-refractivity contribution is 1.47. The highest BCUT2D eigenvalue weighted by atomic mass is 14.5. The normalized spacial score (nSPS) is 17.0. The molecule has 3 rings (SSSR count). The lowest BCUT2D eigenvalue weighted by Crippen LogP contribution is -2.29. The molecule has 0 aliphatic heterocycles. The third-order valence-corrected chi connectivity index (χ3v) is 2.65. The molecule has 66 valence electrons. The van der Waals surface area contributed by atoms with Crippen molar-refractivity contribution in [1.82, 2.24) is 0 Å². The summed E-state index contributed by atoms with van der Waals surface area (Å²) >= 11 is 0. The zero-order valence-electron chi connectivity index (χ0n) is 7.46. The molecule has 0 saturated carbocycles. The summed E-state index contributed by atoms with van der Waals surface area (Å²) in [6.07, 6.45) is 5.53. The quantitative estimate of drug-likeness (QED) is 0.590. The number of rotatable bonds is 0. The molecule has 0 saturated heterocycles. The Morgan fingerprint density at radius 2 is 1.79 bits per heavy atom. The summed E-state index contributed by atoms with van der Waals surface area (Å²) in [5, 5.41) is 17.7. The molecule has 0 fully saturated rings. The molecule has 2 nitrogen and oxygen atoms in total. The molecular weight excluding hydrogens is 172 g/mol. The van der Waals surface area contributed by atoms with Crippen LogP contribution in [0.15, 0.2) is 24.3 Å². The predicted molar refractivity (Wildman–Crippen MR) is 58.1 cm³/mol. The summed E-state index contributed by atoms with van der Waals surface area (Å²) in [5.41, 5.74) is 2.80. The largest absolute Gasteiger partial charge is 0.300 e. The topological polar surface area (TPSA) is 47.7 Å². The lowest BCUT2D eigenvalue weighted by atomic mass is 9.97. The third-order valence-electron chi connectivity index (χ3n) is 2.65. The van der Waals surface area contributed by atoms with Gasteiger partial charge in [0.05, 0.1) is 11.4 Å². The van der Waals surface area contributed by atoms with E-state index in [0.717, 1.165) is 21.6 Å². The molecule has 0 heterocycles. The molecule has 2 N–H and O–H groups in total. The molecule has 0 aromatic heterocycles. The van der Waals surface area contributed by atoms with Crippen LogP contribution in [0.25, 0.3) is 17.7 Å². The minimum atomic E-state index is 0.448. The summed E-state index contributed by atoms with van der Waals surface area (Å²) in [5.74, 6) is 0. The molecule has 1 aromatic rings. The number of hydrogen-bond acceptors (Lipinski definition) is 2. The number of allylic oxidation sites excluding steroid dienone is 1. The van der Waals surface area contributed by atoms with E-state index >= 15 is 0 Å². The maximum Gasteiger partial charge on any atom is 0.0646 e. The molecule has 1 aromatic carbocycles. The molecule has 0 radical (unpaired) electrons.